The van der Waals surface area contributed by atoms with Gasteiger partial charge in [-0.2, -0.15) is 10.5 Å². The molecule has 4 heterocycles. The summed E-state index contributed by atoms with van der Waals surface area (Å²) >= 11 is 0. The van der Waals surface area contributed by atoms with Gasteiger partial charge in [-0.25, -0.2) is 0 Å². The van der Waals surface area contributed by atoms with Crippen LogP contribution in [0.1, 0.15) is 54.4 Å². The van der Waals surface area contributed by atoms with Crippen LogP contribution in [0.5, 0.6) is 0 Å². The lowest BCUT2D eigenvalue weighted by atomic mass is 9.80. The molecule has 0 spiro atoms. The Kier molecular flexibility index (Phi) is 7.62. The Bertz CT molecular complexity index is 2560. The SMILES string of the molecule is N#CC1(Cc2ccc(CC3(C#N)c4[nH]c5ccccc5c4C=CN3C(=O)c3ccccc3)cc2)c2[nH]c3ccccc3c2C=CN1C(=O)c1ccccc1. The highest BCUT2D eigenvalue weighted by atomic mass is 16.2. The molecule has 2 atom stereocenters. The Labute approximate surface area is 311 Å². The van der Waals surface area contributed by atoms with Gasteiger partial charge in [0.15, 0.2) is 11.1 Å². The lowest BCUT2D eigenvalue weighted by Gasteiger charge is -2.39. The van der Waals surface area contributed by atoms with E-state index in [4.69, 9.17) is 0 Å². The van der Waals surface area contributed by atoms with Gasteiger partial charge >= 0.3 is 0 Å². The topological polar surface area (TPSA) is 120 Å². The number of hydrogen-bond acceptors (Lipinski definition) is 4. The van der Waals surface area contributed by atoms with E-state index in [1.165, 1.54) is 9.80 Å². The minimum Gasteiger partial charge on any atom is -0.355 e. The molecule has 0 radical (unpaired) electrons. The maximum absolute atomic E-state index is 14.1. The summed E-state index contributed by atoms with van der Waals surface area (Å²) in [4.78, 5) is 38.3. The molecule has 0 saturated heterocycles. The highest BCUT2D eigenvalue weighted by Crippen LogP contribution is 2.44. The summed E-state index contributed by atoms with van der Waals surface area (Å²) < 4.78 is 0. The molecule has 2 amide bonds. The molecular weight excluding hydrogens is 669 g/mol. The molecule has 0 fully saturated rings. The quantitative estimate of drug-likeness (QED) is 0.180. The number of carbonyl (C=O) groups is 2. The van der Waals surface area contributed by atoms with E-state index in [0.29, 0.717) is 22.5 Å². The number of rotatable bonds is 6. The van der Waals surface area contributed by atoms with Gasteiger partial charge in [-0.05, 0) is 59.7 Å². The first kappa shape index (κ1) is 32.5. The van der Waals surface area contributed by atoms with Crippen LogP contribution in [-0.2, 0) is 23.9 Å². The zero-order valence-corrected chi connectivity index (χ0v) is 29.0. The van der Waals surface area contributed by atoms with Gasteiger partial charge in [0.1, 0.15) is 0 Å². The number of carbonyl (C=O) groups excluding carboxylic acids is 2. The fourth-order valence-corrected chi connectivity index (χ4v) is 8.05. The summed E-state index contributed by atoms with van der Waals surface area (Å²) in [7, 11) is 0. The third-order valence-electron chi connectivity index (χ3n) is 10.7. The van der Waals surface area contributed by atoms with E-state index in [2.05, 4.69) is 22.1 Å². The van der Waals surface area contributed by atoms with Gasteiger partial charge in [0.25, 0.3) is 11.8 Å². The summed E-state index contributed by atoms with van der Waals surface area (Å²) in [6, 6.07) is 46.6. The van der Waals surface area contributed by atoms with Crippen molar-refractivity contribution < 1.29 is 9.59 Å². The monoisotopic (exact) mass is 700 g/mol. The average molecular weight is 701 g/mol. The van der Waals surface area contributed by atoms with Crippen molar-refractivity contribution in [2.45, 2.75) is 23.9 Å². The molecule has 9 rings (SSSR count). The number of benzene rings is 5. The molecule has 5 aromatic carbocycles. The third-order valence-corrected chi connectivity index (χ3v) is 10.7. The number of nitrogens with zero attached hydrogens (tertiary/aromatic N) is 4. The lowest BCUT2D eigenvalue weighted by Crippen LogP contribution is -2.49. The number of para-hydroxylation sites is 2. The first-order valence-electron chi connectivity index (χ1n) is 17.7. The van der Waals surface area contributed by atoms with E-state index in [1.54, 1.807) is 36.7 Å². The Balaban J connectivity index is 1.11. The molecule has 258 valence electrons. The molecule has 0 aliphatic carbocycles. The number of nitriles is 2. The molecule has 2 aromatic heterocycles. The molecule has 2 aliphatic heterocycles. The van der Waals surface area contributed by atoms with Gasteiger partial charge in [-0.15, -0.1) is 0 Å². The minimum absolute atomic E-state index is 0.198. The van der Waals surface area contributed by atoms with Gasteiger partial charge in [0.05, 0.1) is 23.5 Å². The number of aromatic amines is 2. The Morgan fingerprint density at radius 2 is 0.889 bits per heavy atom. The molecule has 7 aromatic rings. The van der Waals surface area contributed by atoms with E-state index in [0.717, 1.165) is 44.1 Å². The summed E-state index contributed by atoms with van der Waals surface area (Å²) in [5.41, 5.74) is 4.64. The van der Waals surface area contributed by atoms with E-state index < -0.39 is 11.1 Å². The van der Waals surface area contributed by atoms with Crippen molar-refractivity contribution in [3.63, 3.8) is 0 Å². The zero-order chi connectivity index (χ0) is 36.9. The average Bonchev–Trinajstić information content (AvgIpc) is 3.81. The van der Waals surface area contributed by atoms with Gasteiger partial charge in [0, 0.05) is 69.3 Å². The summed E-state index contributed by atoms with van der Waals surface area (Å²) in [6.45, 7) is 0. The normalized spacial score (nSPS) is 18.6. The van der Waals surface area contributed by atoms with E-state index >= 15 is 0 Å². The lowest BCUT2D eigenvalue weighted by molar-refractivity contribution is 0.0684. The Hall–Kier alpha value is -7.42. The van der Waals surface area contributed by atoms with Crippen molar-refractivity contribution in [2.24, 2.45) is 0 Å². The fraction of sp³-hybridized carbons (Fsp3) is 0.0870. The van der Waals surface area contributed by atoms with Gasteiger partial charge < -0.3 is 9.97 Å². The molecule has 2 unspecified atom stereocenters. The molecule has 2 aliphatic rings. The molecule has 2 N–H and O–H groups in total. The van der Waals surface area contributed by atoms with Crippen molar-refractivity contribution >= 4 is 45.8 Å². The maximum atomic E-state index is 14.1. The Morgan fingerprint density at radius 3 is 1.28 bits per heavy atom. The number of fused-ring (bicyclic) bond motifs is 6. The fourth-order valence-electron chi connectivity index (χ4n) is 8.05. The third kappa shape index (κ3) is 4.97. The van der Waals surface area contributed by atoms with E-state index in [-0.39, 0.29) is 24.7 Å². The smallest absolute Gasteiger partial charge is 0.259 e. The van der Waals surface area contributed by atoms with Crippen LogP contribution in [0.25, 0.3) is 34.0 Å². The number of amides is 2. The van der Waals surface area contributed by atoms with Gasteiger partial charge in [-0.3, -0.25) is 19.4 Å². The summed E-state index contributed by atoms with van der Waals surface area (Å²) in [5, 5.41) is 24.2. The van der Waals surface area contributed by atoms with Crippen LogP contribution in [0.15, 0.2) is 146 Å². The van der Waals surface area contributed by atoms with Crippen molar-refractivity contribution in [3.8, 4) is 12.1 Å². The second-order valence-corrected chi connectivity index (χ2v) is 13.7. The van der Waals surface area contributed by atoms with Crippen LogP contribution in [0.2, 0.25) is 0 Å². The Morgan fingerprint density at radius 1 is 0.519 bits per heavy atom. The molecule has 0 bridgehead atoms. The van der Waals surface area contributed by atoms with Crippen molar-refractivity contribution in [1.29, 1.82) is 10.5 Å². The minimum atomic E-state index is -1.39. The zero-order valence-electron chi connectivity index (χ0n) is 29.0. The first-order chi connectivity index (χ1) is 26.5. The molecule has 0 saturated carbocycles. The predicted octanol–water partition coefficient (Wildman–Crippen LogP) is 8.83. The molecular formula is C46H32N6O2. The molecule has 54 heavy (non-hydrogen) atoms. The van der Waals surface area contributed by atoms with Gasteiger partial charge in [0.2, 0.25) is 0 Å². The maximum Gasteiger partial charge on any atom is 0.259 e. The number of H-pyrrole nitrogens is 2. The second kappa shape index (κ2) is 12.7. The highest BCUT2D eigenvalue weighted by Gasteiger charge is 2.48. The van der Waals surface area contributed by atoms with Crippen LogP contribution in [0, 0.1) is 22.7 Å². The van der Waals surface area contributed by atoms with E-state index in [9.17, 15) is 20.1 Å². The van der Waals surface area contributed by atoms with Crippen molar-refractivity contribution in [1.82, 2.24) is 19.8 Å². The van der Waals surface area contributed by atoms with Crippen LogP contribution in [-0.4, -0.2) is 31.6 Å². The highest BCUT2D eigenvalue weighted by molar-refractivity contribution is 6.00. The van der Waals surface area contributed by atoms with Crippen LogP contribution in [0.4, 0.5) is 0 Å². The molecule has 8 nitrogen and oxygen atoms in total. The van der Waals surface area contributed by atoms with Crippen molar-refractivity contribution in [3.05, 3.63) is 191 Å². The second-order valence-electron chi connectivity index (χ2n) is 13.7. The van der Waals surface area contributed by atoms with Crippen LogP contribution in [0.3, 0.4) is 0 Å². The predicted molar refractivity (Wildman–Crippen MR) is 208 cm³/mol. The number of hydrogen-bond donors (Lipinski definition) is 2. The number of nitrogens with one attached hydrogen (secondary N) is 2. The first-order valence-corrected chi connectivity index (χ1v) is 17.7. The largest absolute Gasteiger partial charge is 0.355 e. The standard InChI is InChI=1S/C46H32N6O2/c47-29-45(41-37(35-15-7-9-17-39(35)49-41)23-25-51(45)43(53)33-11-3-1-4-12-33)27-31-19-21-32(22-20-31)28-46(30-48)42-38(36-16-8-10-18-40(36)50-42)24-26-52(46)44(54)34-13-5-2-6-14-34/h1-26,49-50H,27-28H2. The molecule has 8 heteroatoms. The van der Waals surface area contributed by atoms with Gasteiger partial charge in [-0.1, -0.05) is 97.1 Å². The van der Waals surface area contributed by atoms with Crippen molar-refractivity contribution in [2.75, 3.05) is 0 Å². The summed E-state index contributed by atoms with van der Waals surface area (Å²) in [5.74, 6) is -0.569. The van der Waals surface area contributed by atoms with Crippen LogP contribution < -0.4 is 0 Å². The number of aromatic nitrogens is 2. The van der Waals surface area contributed by atoms with Crippen LogP contribution >= 0.6 is 0 Å². The van der Waals surface area contributed by atoms with E-state index in [1.807, 2.05) is 121 Å². The summed E-state index contributed by atoms with van der Waals surface area (Å²) in [6.07, 6.45) is 7.63.